The van der Waals surface area contributed by atoms with Crippen molar-refractivity contribution < 1.29 is 14.3 Å². The first-order valence-electron chi connectivity index (χ1n) is 2.31. The van der Waals surface area contributed by atoms with Crippen molar-refractivity contribution in [2.75, 3.05) is 7.11 Å². The summed E-state index contributed by atoms with van der Waals surface area (Å²) in [7, 11) is 1.19. The van der Waals surface area contributed by atoms with Crippen LogP contribution in [0.15, 0.2) is 0 Å². The zero-order valence-electron chi connectivity index (χ0n) is 5.01. The Kier molecular flexibility index (Phi) is 3.27. The Labute approximate surface area is 52.3 Å². The molecule has 0 atom stereocenters. The first-order chi connectivity index (χ1) is 4.20. The summed E-state index contributed by atoms with van der Waals surface area (Å²) in [5.74, 6) is -1.15. The lowest BCUT2D eigenvalue weighted by Gasteiger charge is -1.91. The molecular formula is C5H7NO3. The molecule has 4 heteroatoms. The number of ketones is 1. The number of hydrogen-bond donors (Lipinski definition) is 1. The number of carbonyl (C=O) groups is 2. The maximum absolute atomic E-state index is 10.2. The Balaban J connectivity index is 3.59. The van der Waals surface area contributed by atoms with Crippen LogP contribution in [0.2, 0.25) is 0 Å². The minimum Gasteiger partial charge on any atom is -0.469 e. The van der Waals surface area contributed by atoms with Crippen molar-refractivity contribution in [3.05, 3.63) is 0 Å². The summed E-state index contributed by atoms with van der Waals surface area (Å²) in [6.45, 7) is 0. The molecule has 0 aliphatic carbocycles. The number of esters is 1. The lowest BCUT2D eigenvalue weighted by molar-refractivity contribution is -0.142. The third kappa shape index (κ3) is 3.40. The maximum Gasteiger partial charge on any atom is 0.313 e. The molecule has 0 aliphatic rings. The Morgan fingerprint density at radius 1 is 1.67 bits per heavy atom. The van der Waals surface area contributed by atoms with Gasteiger partial charge in [0.1, 0.15) is 6.42 Å². The molecular weight excluding hydrogens is 122 g/mol. The molecule has 1 N–H and O–H groups in total. The largest absolute Gasteiger partial charge is 0.469 e. The second kappa shape index (κ2) is 3.77. The molecule has 0 amide bonds. The highest BCUT2D eigenvalue weighted by Crippen LogP contribution is 1.82. The lowest BCUT2D eigenvalue weighted by Crippen LogP contribution is -2.09. The van der Waals surface area contributed by atoms with Crippen LogP contribution in [-0.2, 0) is 14.3 Å². The predicted octanol–water partition coefficient (Wildman–Crippen LogP) is -0.232. The van der Waals surface area contributed by atoms with E-state index in [0.29, 0.717) is 6.21 Å². The molecule has 0 aromatic rings. The average molecular weight is 129 g/mol. The number of nitrogens with one attached hydrogen (secondary N) is 1. The van der Waals surface area contributed by atoms with Crippen molar-refractivity contribution in [2.45, 2.75) is 6.42 Å². The Morgan fingerprint density at radius 2 is 2.22 bits per heavy atom. The fourth-order valence-electron chi connectivity index (χ4n) is 0.265. The Hall–Kier alpha value is -1.19. The van der Waals surface area contributed by atoms with Gasteiger partial charge < -0.3 is 10.1 Å². The van der Waals surface area contributed by atoms with Gasteiger partial charge in [0.2, 0.25) is 0 Å². The highest BCUT2D eigenvalue weighted by molar-refractivity contribution is 6.30. The van der Waals surface area contributed by atoms with Gasteiger partial charge in [-0.15, -0.1) is 0 Å². The molecule has 0 fully saturated rings. The molecule has 0 aromatic carbocycles. The van der Waals surface area contributed by atoms with Gasteiger partial charge in [-0.3, -0.25) is 9.59 Å². The molecule has 0 spiro atoms. The fraction of sp³-hybridized carbons (Fsp3) is 0.400. The van der Waals surface area contributed by atoms with E-state index >= 15 is 0 Å². The van der Waals surface area contributed by atoms with Crippen LogP contribution in [0.1, 0.15) is 6.42 Å². The van der Waals surface area contributed by atoms with E-state index in [1.807, 2.05) is 0 Å². The van der Waals surface area contributed by atoms with Gasteiger partial charge in [-0.2, -0.15) is 0 Å². The molecule has 0 aromatic heterocycles. The number of methoxy groups -OCH3 is 1. The summed E-state index contributed by atoms with van der Waals surface area (Å²) in [4.78, 5) is 20.5. The van der Waals surface area contributed by atoms with Crippen LogP contribution in [0.4, 0.5) is 0 Å². The van der Waals surface area contributed by atoms with E-state index in [9.17, 15) is 9.59 Å². The monoisotopic (exact) mass is 129 g/mol. The van der Waals surface area contributed by atoms with Crippen LogP contribution in [0, 0.1) is 5.41 Å². The van der Waals surface area contributed by atoms with Crippen LogP contribution in [0.25, 0.3) is 0 Å². The molecule has 0 heterocycles. The average Bonchev–Trinajstić information content (AvgIpc) is 1.87. The van der Waals surface area contributed by atoms with Gasteiger partial charge in [0, 0.05) is 0 Å². The summed E-state index contributed by atoms with van der Waals surface area (Å²) in [5.41, 5.74) is 0. The summed E-state index contributed by atoms with van der Waals surface area (Å²) in [5, 5.41) is 6.39. The molecule has 0 bridgehead atoms. The van der Waals surface area contributed by atoms with E-state index in [-0.39, 0.29) is 6.42 Å². The van der Waals surface area contributed by atoms with Crippen LogP contribution in [0.3, 0.4) is 0 Å². The van der Waals surface area contributed by atoms with Gasteiger partial charge in [0.15, 0.2) is 5.78 Å². The highest BCUT2D eigenvalue weighted by atomic mass is 16.5. The zero-order chi connectivity index (χ0) is 7.28. The quantitative estimate of drug-likeness (QED) is 0.325. The number of hydrogen-bond acceptors (Lipinski definition) is 4. The molecule has 0 aliphatic heterocycles. The molecule has 0 saturated carbocycles. The van der Waals surface area contributed by atoms with Gasteiger partial charge in [-0.05, 0) is 0 Å². The van der Waals surface area contributed by atoms with Gasteiger partial charge in [0.05, 0.1) is 13.3 Å². The fourth-order valence-corrected chi connectivity index (χ4v) is 0.265. The third-order valence-electron chi connectivity index (χ3n) is 0.707. The van der Waals surface area contributed by atoms with Crippen LogP contribution < -0.4 is 0 Å². The molecule has 50 valence electrons. The number of ether oxygens (including phenoxy) is 1. The molecule has 0 saturated heterocycles. The molecule has 9 heavy (non-hydrogen) atoms. The molecule has 4 nitrogen and oxygen atoms in total. The second-order valence-corrected chi connectivity index (χ2v) is 1.36. The first-order valence-corrected chi connectivity index (χ1v) is 2.31. The minimum atomic E-state index is -0.608. The highest BCUT2D eigenvalue weighted by Gasteiger charge is 2.04. The van der Waals surface area contributed by atoms with Crippen LogP contribution >= 0.6 is 0 Å². The Morgan fingerprint density at radius 3 is 2.56 bits per heavy atom. The van der Waals surface area contributed by atoms with E-state index < -0.39 is 11.8 Å². The summed E-state index contributed by atoms with van der Waals surface area (Å²) >= 11 is 0. The van der Waals surface area contributed by atoms with Crippen molar-refractivity contribution in [2.24, 2.45) is 0 Å². The van der Waals surface area contributed by atoms with Gasteiger partial charge in [-0.1, -0.05) is 0 Å². The summed E-state index contributed by atoms with van der Waals surface area (Å²) in [6, 6.07) is 0. The van der Waals surface area contributed by atoms with Crippen molar-refractivity contribution in [1.82, 2.24) is 0 Å². The van der Waals surface area contributed by atoms with Gasteiger partial charge >= 0.3 is 5.97 Å². The van der Waals surface area contributed by atoms with Crippen molar-refractivity contribution >= 4 is 18.0 Å². The molecule has 0 rings (SSSR count). The maximum atomic E-state index is 10.2. The van der Waals surface area contributed by atoms with Gasteiger partial charge in [-0.25, -0.2) is 0 Å². The van der Waals surface area contributed by atoms with E-state index in [4.69, 9.17) is 5.41 Å². The first kappa shape index (κ1) is 7.81. The van der Waals surface area contributed by atoms with Crippen molar-refractivity contribution in [1.29, 1.82) is 5.41 Å². The zero-order valence-corrected chi connectivity index (χ0v) is 5.01. The SMILES string of the molecule is COC(=O)CC(=O)C=N. The summed E-state index contributed by atoms with van der Waals surface area (Å²) < 4.78 is 4.16. The van der Waals surface area contributed by atoms with Crippen LogP contribution in [-0.4, -0.2) is 25.1 Å². The molecule has 0 unspecified atom stereocenters. The number of Topliss-reactive ketones (excluding diaryl/α,β-unsaturated/α-hetero) is 1. The smallest absolute Gasteiger partial charge is 0.313 e. The number of rotatable bonds is 3. The topological polar surface area (TPSA) is 67.2 Å². The Bertz CT molecular complexity index is 141. The number of carbonyl (C=O) groups excluding carboxylic acids is 2. The minimum absolute atomic E-state index is 0.333. The standard InChI is InChI=1S/C5H7NO3/c1-9-5(8)2-4(7)3-6/h3,6H,2H2,1H3. The lowest BCUT2D eigenvalue weighted by atomic mass is 10.3. The van der Waals surface area contributed by atoms with E-state index in [2.05, 4.69) is 4.74 Å². The van der Waals surface area contributed by atoms with E-state index in [0.717, 1.165) is 0 Å². The van der Waals surface area contributed by atoms with E-state index in [1.165, 1.54) is 7.11 Å². The van der Waals surface area contributed by atoms with Crippen molar-refractivity contribution in [3.63, 3.8) is 0 Å². The normalized spacial score (nSPS) is 8.11. The van der Waals surface area contributed by atoms with E-state index in [1.54, 1.807) is 0 Å². The van der Waals surface area contributed by atoms with Gasteiger partial charge in [0.25, 0.3) is 0 Å². The van der Waals surface area contributed by atoms with Crippen molar-refractivity contribution in [3.8, 4) is 0 Å². The predicted molar refractivity (Wildman–Crippen MR) is 30.4 cm³/mol. The van der Waals surface area contributed by atoms with Crippen LogP contribution in [0.5, 0.6) is 0 Å². The second-order valence-electron chi connectivity index (χ2n) is 1.36. The molecule has 0 radical (unpaired) electrons. The summed E-state index contributed by atoms with van der Waals surface area (Å²) in [6.07, 6.45) is 0.261. The third-order valence-corrected chi connectivity index (χ3v) is 0.707.